The standard InChI is InChI=1S/C22H19ClF3N3O3/c1-28-14-27-10-20(28)21(31)29(11-15-4-2-3-5-19(15)23)12-17(30)13-32-18-8-6-16(7-9-18)22(24,25)26/h2-10,14H,11-13H2,1H3. The second-order valence-electron chi connectivity index (χ2n) is 6.99. The molecule has 0 saturated heterocycles. The number of Topliss-reactive ketones (excluding diaryl/α,β-unsaturated/α-hetero) is 1. The Balaban J connectivity index is 1.69. The number of benzene rings is 2. The first-order valence-electron chi connectivity index (χ1n) is 9.46. The zero-order chi connectivity index (χ0) is 23.3. The average Bonchev–Trinajstić information content (AvgIpc) is 3.18. The van der Waals surface area contributed by atoms with Crippen molar-refractivity contribution in [3.8, 4) is 5.75 Å². The van der Waals surface area contributed by atoms with Crippen molar-refractivity contribution >= 4 is 23.3 Å². The normalized spacial score (nSPS) is 11.3. The van der Waals surface area contributed by atoms with Gasteiger partial charge in [0.2, 0.25) is 0 Å². The van der Waals surface area contributed by atoms with Crippen LogP contribution in [-0.4, -0.2) is 39.3 Å². The Labute approximate surface area is 187 Å². The number of carbonyl (C=O) groups excluding carboxylic acids is 2. The quantitative estimate of drug-likeness (QED) is 0.495. The number of alkyl halides is 3. The summed E-state index contributed by atoms with van der Waals surface area (Å²) >= 11 is 6.21. The number of hydrogen-bond donors (Lipinski definition) is 0. The second kappa shape index (κ2) is 9.86. The number of imidazole rings is 1. The van der Waals surface area contributed by atoms with Crippen LogP contribution in [0.5, 0.6) is 5.75 Å². The van der Waals surface area contributed by atoms with Gasteiger partial charge in [0.1, 0.15) is 18.1 Å². The lowest BCUT2D eigenvalue weighted by atomic mass is 10.2. The lowest BCUT2D eigenvalue weighted by Gasteiger charge is -2.23. The van der Waals surface area contributed by atoms with E-state index in [1.807, 2.05) is 0 Å². The molecule has 1 amide bonds. The molecule has 0 unspecified atom stereocenters. The van der Waals surface area contributed by atoms with Gasteiger partial charge in [0.05, 0.1) is 24.6 Å². The fraction of sp³-hybridized carbons (Fsp3) is 0.227. The Morgan fingerprint density at radius 3 is 2.41 bits per heavy atom. The van der Waals surface area contributed by atoms with Gasteiger partial charge < -0.3 is 14.2 Å². The number of aryl methyl sites for hydroxylation is 1. The van der Waals surface area contributed by atoms with Crippen LogP contribution < -0.4 is 4.74 Å². The Morgan fingerprint density at radius 2 is 1.81 bits per heavy atom. The fourth-order valence-electron chi connectivity index (χ4n) is 2.92. The third-order valence-electron chi connectivity index (χ3n) is 4.59. The molecule has 3 aromatic rings. The summed E-state index contributed by atoms with van der Waals surface area (Å²) in [4.78, 5) is 30.8. The molecule has 0 aliphatic rings. The van der Waals surface area contributed by atoms with Gasteiger partial charge in [-0.2, -0.15) is 13.2 Å². The predicted octanol–water partition coefficient (Wildman–Crippen LogP) is 4.38. The number of ether oxygens (including phenoxy) is 1. The van der Waals surface area contributed by atoms with Crippen LogP contribution in [0.1, 0.15) is 21.6 Å². The van der Waals surface area contributed by atoms with Crippen molar-refractivity contribution in [2.45, 2.75) is 12.7 Å². The van der Waals surface area contributed by atoms with Crippen molar-refractivity contribution in [3.05, 3.63) is 82.9 Å². The van der Waals surface area contributed by atoms with Gasteiger partial charge in [0.15, 0.2) is 5.78 Å². The van der Waals surface area contributed by atoms with Crippen molar-refractivity contribution in [2.75, 3.05) is 13.2 Å². The van der Waals surface area contributed by atoms with E-state index < -0.39 is 30.0 Å². The molecule has 1 heterocycles. The van der Waals surface area contributed by atoms with E-state index in [-0.39, 0.29) is 24.5 Å². The Hall–Kier alpha value is -3.33. The summed E-state index contributed by atoms with van der Waals surface area (Å²) in [5.41, 5.74) is 0.124. The third kappa shape index (κ3) is 5.88. The summed E-state index contributed by atoms with van der Waals surface area (Å²) in [5.74, 6) is -0.748. The van der Waals surface area contributed by atoms with E-state index in [4.69, 9.17) is 16.3 Å². The summed E-state index contributed by atoms with van der Waals surface area (Å²) in [6.45, 7) is -0.616. The van der Waals surface area contributed by atoms with E-state index in [1.165, 1.54) is 22.0 Å². The molecule has 0 aliphatic carbocycles. The molecule has 0 saturated carbocycles. The van der Waals surface area contributed by atoms with Gasteiger partial charge in [-0.1, -0.05) is 29.8 Å². The summed E-state index contributed by atoms with van der Waals surface area (Å²) in [5, 5.41) is 0.448. The van der Waals surface area contributed by atoms with Gasteiger partial charge in [-0.15, -0.1) is 0 Å². The molecular formula is C22H19ClF3N3O3. The Kier molecular flexibility index (Phi) is 7.19. The molecule has 0 bridgehead atoms. The van der Waals surface area contributed by atoms with Crippen LogP contribution >= 0.6 is 11.6 Å². The van der Waals surface area contributed by atoms with E-state index in [0.29, 0.717) is 10.6 Å². The van der Waals surface area contributed by atoms with Gasteiger partial charge in [0.25, 0.3) is 5.91 Å². The number of halogens is 4. The zero-order valence-corrected chi connectivity index (χ0v) is 17.7. The zero-order valence-electron chi connectivity index (χ0n) is 17.0. The number of aromatic nitrogens is 2. The first-order valence-corrected chi connectivity index (χ1v) is 9.83. The van der Waals surface area contributed by atoms with Crippen LogP contribution in [0, 0.1) is 0 Å². The first-order chi connectivity index (χ1) is 15.1. The van der Waals surface area contributed by atoms with Gasteiger partial charge in [0, 0.05) is 18.6 Å². The van der Waals surface area contributed by atoms with Crippen LogP contribution in [-0.2, 0) is 24.6 Å². The van der Waals surface area contributed by atoms with Crippen molar-refractivity contribution < 1.29 is 27.5 Å². The van der Waals surface area contributed by atoms with Crippen molar-refractivity contribution in [1.29, 1.82) is 0 Å². The van der Waals surface area contributed by atoms with Crippen molar-refractivity contribution in [3.63, 3.8) is 0 Å². The maximum atomic E-state index is 13.0. The summed E-state index contributed by atoms with van der Waals surface area (Å²) in [6.07, 6.45) is -1.60. The highest BCUT2D eigenvalue weighted by molar-refractivity contribution is 6.31. The van der Waals surface area contributed by atoms with Crippen molar-refractivity contribution in [2.24, 2.45) is 7.05 Å². The molecule has 3 rings (SSSR count). The summed E-state index contributed by atoms with van der Waals surface area (Å²) in [6, 6.07) is 11.0. The van der Waals surface area contributed by atoms with Crippen LogP contribution in [0.2, 0.25) is 5.02 Å². The van der Waals surface area contributed by atoms with E-state index in [2.05, 4.69) is 4.98 Å². The number of nitrogens with zero attached hydrogens (tertiary/aromatic N) is 3. The van der Waals surface area contributed by atoms with E-state index in [1.54, 1.807) is 31.3 Å². The van der Waals surface area contributed by atoms with Crippen LogP contribution in [0.4, 0.5) is 13.2 Å². The molecule has 0 aliphatic heterocycles. The average molecular weight is 466 g/mol. The second-order valence-corrected chi connectivity index (χ2v) is 7.40. The summed E-state index contributed by atoms with van der Waals surface area (Å²) in [7, 11) is 1.66. The molecule has 1 aromatic heterocycles. The third-order valence-corrected chi connectivity index (χ3v) is 4.96. The van der Waals surface area contributed by atoms with Crippen LogP contribution in [0.25, 0.3) is 0 Å². The number of amides is 1. The molecule has 0 radical (unpaired) electrons. The van der Waals surface area contributed by atoms with Gasteiger partial charge in [-0.05, 0) is 35.9 Å². The van der Waals surface area contributed by atoms with Gasteiger partial charge >= 0.3 is 6.18 Å². The van der Waals surface area contributed by atoms with E-state index in [0.717, 1.165) is 24.3 Å². The van der Waals surface area contributed by atoms with Crippen molar-refractivity contribution in [1.82, 2.24) is 14.5 Å². The van der Waals surface area contributed by atoms with E-state index in [9.17, 15) is 22.8 Å². The molecule has 2 aromatic carbocycles. The number of carbonyl (C=O) groups is 2. The topological polar surface area (TPSA) is 64.4 Å². The molecule has 0 N–H and O–H groups in total. The largest absolute Gasteiger partial charge is 0.486 e. The highest BCUT2D eigenvalue weighted by Crippen LogP contribution is 2.30. The number of ketones is 1. The smallest absolute Gasteiger partial charge is 0.416 e. The van der Waals surface area contributed by atoms with Crippen LogP contribution in [0.3, 0.4) is 0 Å². The molecule has 32 heavy (non-hydrogen) atoms. The minimum Gasteiger partial charge on any atom is -0.486 e. The molecule has 6 nitrogen and oxygen atoms in total. The minimum atomic E-state index is -4.46. The monoisotopic (exact) mass is 465 g/mol. The highest BCUT2D eigenvalue weighted by atomic mass is 35.5. The Bertz CT molecular complexity index is 1100. The predicted molar refractivity (Wildman–Crippen MR) is 111 cm³/mol. The molecule has 0 fully saturated rings. The SMILES string of the molecule is Cn1cncc1C(=O)N(CC(=O)COc1ccc(C(F)(F)F)cc1)Cc1ccccc1Cl. The molecule has 168 valence electrons. The minimum absolute atomic E-state index is 0.0791. The Morgan fingerprint density at radius 1 is 1.12 bits per heavy atom. The fourth-order valence-corrected chi connectivity index (χ4v) is 3.12. The summed E-state index contributed by atoms with van der Waals surface area (Å²) < 4.78 is 44.8. The molecule has 10 heteroatoms. The highest BCUT2D eigenvalue weighted by Gasteiger charge is 2.30. The maximum absolute atomic E-state index is 13.0. The first kappa shape index (κ1) is 23.3. The van der Waals surface area contributed by atoms with E-state index >= 15 is 0 Å². The lowest BCUT2D eigenvalue weighted by molar-refractivity contribution is -0.137. The number of hydrogen-bond acceptors (Lipinski definition) is 4. The van der Waals surface area contributed by atoms with Gasteiger partial charge in [-0.25, -0.2) is 4.98 Å². The maximum Gasteiger partial charge on any atom is 0.416 e. The van der Waals surface area contributed by atoms with Gasteiger partial charge in [-0.3, -0.25) is 9.59 Å². The molecule has 0 spiro atoms. The number of rotatable bonds is 8. The lowest BCUT2D eigenvalue weighted by Crippen LogP contribution is -2.37. The molecule has 0 atom stereocenters. The molecular weight excluding hydrogens is 447 g/mol. The van der Waals surface area contributed by atoms with Crippen LogP contribution in [0.15, 0.2) is 61.1 Å².